The Morgan fingerprint density at radius 1 is 1.67 bits per heavy atom. The second-order valence-corrected chi connectivity index (χ2v) is 4.24. The van der Waals surface area contributed by atoms with Gasteiger partial charge in [-0.25, -0.2) is 4.68 Å². The van der Waals surface area contributed by atoms with Crippen LogP contribution in [0.4, 0.5) is 5.69 Å². The summed E-state index contributed by atoms with van der Waals surface area (Å²) in [7, 11) is 1.24. The van der Waals surface area contributed by atoms with E-state index in [0.29, 0.717) is 5.69 Å². The summed E-state index contributed by atoms with van der Waals surface area (Å²) < 4.78 is 5.43. The second-order valence-electron chi connectivity index (χ2n) is 3.86. The fourth-order valence-electron chi connectivity index (χ4n) is 1.23. The van der Waals surface area contributed by atoms with Gasteiger partial charge < -0.3 is 10.1 Å². The van der Waals surface area contributed by atoms with Gasteiger partial charge in [-0.05, 0) is 13.3 Å². The highest BCUT2D eigenvalue weighted by Gasteiger charge is 2.12. The van der Waals surface area contributed by atoms with Crippen molar-refractivity contribution in [3.8, 4) is 0 Å². The Hall–Kier alpha value is -1.56. The molecular formula is C11H16ClN3O3. The van der Waals surface area contributed by atoms with Crippen LogP contribution in [0.2, 0.25) is 5.02 Å². The zero-order valence-electron chi connectivity index (χ0n) is 10.6. The van der Waals surface area contributed by atoms with E-state index >= 15 is 0 Å². The highest BCUT2D eigenvalue weighted by molar-refractivity contribution is 6.32. The predicted molar refractivity (Wildman–Crippen MR) is 68.9 cm³/mol. The van der Waals surface area contributed by atoms with Gasteiger partial charge in [-0.1, -0.05) is 18.5 Å². The van der Waals surface area contributed by atoms with E-state index in [1.807, 2.05) is 13.8 Å². The van der Waals surface area contributed by atoms with Crippen molar-refractivity contribution >= 4 is 23.3 Å². The number of hydrogen-bond donors (Lipinski definition) is 1. The third-order valence-electron chi connectivity index (χ3n) is 2.51. The van der Waals surface area contributed by atoms with Gasteiger partial charge in [-0.3, -0.25) is 9.59 Å². The van der Waals surface area contributed by atoms with Crippen molar-refractivity contribution in [2.45, 2.75) is 32.9 Å². The summed E-state index contributed by atoms with van der Waals surface area (Å²) in [5.74, 6) is -0.552. The zero-order chi connectivity index (χ0) is 13.7. The molecule has 100 valence electrons. The van der Waals surface area contributed by atoms with Crippen LogP contribution >= 0.6 is 11.6 Å². The van der Waals surface area contributed by atoms with Gasteiger partial charge in [0.25, 0.3) is 5.56 Å². The van der Waals surface area contributed by atoms with Crippen LogP contribution < -0.4 is 10.9 Å². The lowest BCUT2D eigenvalue weighted by molar-refractivity contribution is -0.141. The SMILES string of the molecule is CCC(C)Nc1cnn(CC(=O)OC)c(=O)c1Cl. The maximum absolute atomic E-state index is 11.8. The first-order chi connectivity index (χ1) is 8.49. The van der Waals surface area contributed by atoms with Crippen molar-refractivity contribution in [2.75, 3.05) is 12.4 Å². The van der Waals surface area contributed by atoms with E-state index in [4.69, 9.17) is 11.6 Å². The zero-order valence-corrected chi connectivity index (χ0v) is 11.3. The Morgan fingerprint density at radius 3 is 2.89 bits per heavy atom. The minimum atomic E-state index is -0.552. The monoisotopic (exact) mass is 273 g/mol. The molecule has 0 saturated carbocycles. The number of methoxy groups -OCH3 is 1. The van der Waals surface area contributed by atoms with E-state index in [9.17, 15) is 9.59 Å². The molecule has 0 aliphatic rings. The second kappa shape index (κ2) is 6.39. The van der Waals surface area contributed by atoms with Crippen molar-refractivity contribution < 1.29 is 9.53 Å². The van der Waals surface area contributed by atoms with Gasteiger partial charge in [0, 0.05) is 6.04 Å². The first-order valence-electron chi connectivity index (χ1n) is 5.58. The topological polar surface area (TPSA) is 73.2 Å². The van der Waals surface area contributed by atoms with Crippen molar-refractivity contribution in [2.24, 2.45) is 0 Å². The molecule has 0 bridgehead atoms. The molecule has 1 heterocycles. The van der Waals surface area contributed by atoms with Crippen molar-refractivity contribution in [3.05, 3.63) is 21.6 Å². The third kappa shape index (κ3) is 3.46. The quantitative estimate of drug-likeness (QED) is 0.818. The molecule has 7 heteroatoms. The van der Waals surface area contributed by atoms with E-state index in [1.165, 1.54) is 13.3 Å². The largest absolute Gasteiger partial charge is 0.468 e. The first kappa shape index (κ1) is 14.5. The maximum Gasteiger partial charge on any atom is 0.327 e. The molecule has 1 aromatic heterocycles. The average molecular weight is 274 g/mol. The molecule has 0 aromatic carbocycles. The molecule has 0 radical (unpaired) electrons. The van der Waals surface area contributed by atoms with Gasteiger partial charge >= 0.3 is 5.97 Å². The highest BCUT2D eigenvalue weighted by Crippen LogP contribution is 2.16. The summed E-state index contributed by atoms with van der Waals surface area (Å²) in [6, 6.07) is 0.181. The molecule has 0 saturated heterocycles. The minimum Gasteiger partial charge on any atom is -0.468 e. The Morgan fingerprint density at radius 2 is 2.33 bits per heavy atom. The number of hydrogen-bond acceptors (Lipinski definition) is 5. The Bertz CT molecular complexity index is 487. The van der Waals surface area contributed by atoms with E-state index in [1.54, 1.807) is 0 Å². The lowest BCUT2D eigenvalue weighted by Gasteiger charge is -2.14. The number of halogens is 1. The number of carbonyl (C=O) groups is 1. The fourth-order valence-corrected chi connectivity index (χ4v) is 1.43. The summed E-state index contributed by atoms with van der Waals surface area (Å²) in [6.45, 7) is 3.73. The number of rotatable bonds is 5. The summed E-state index contributed by atoms with van der Waals surface area (Å²) in [5, 5.41) is 6.96. The molecule has 0 amide bonds. The Kier molecular flexibility index (Phi) is 5.15. The molecule has 1 aromatic rings. The van der Waals surface area contributed by atoms with Crippen LogP contribution in [0.15, 0.2) is 11.0 Å². The lowest BCUT2D eigenvalue weighted by Crippen LogP contribution is -2.29. The molecule has 1 rings (SSSR count). The fraction of sp³-hybridized carbons (Fsp3) is 0.545. The summed E-state index contributed by atoms with van der Waals surface area (Å²) in [5.41, 5.74) is -0.0486. The van der Waals surface area contributed by atoms with E-state index in [2.05, 4.69) is 15.2 Å². The normalized spacial score (nSPS) is 12.0. The number of carbonyl (C=O) groups excluding carboxylic acids is 1. The smallest absolute Gasteiger partial charge is 0.327 e. The molecular weight excluding hydrogens is 258 g/mol. The maximum atomic E-state index is 11.8. The number of aromatic nitrogens is 2. The van der Waals surface area contributed by atoms with Crippen LogP contribution in [0.1, 0.15) is 20.3 Å². The van der Waals surface area contributed by atoms with Gasteiger partial charge in [0.1, 0.15) is 11.6 Å². The molecule has 0 aliphatic heterocycles. The van der Waals surface area contributed by atoms with Gasteiger partial charge in [-0.15, -0.1) is 0 Å². The van der Waals surface area contributed by atoms with E-state index in [-0.39, 0.29) is 17.6 Å². The molecule has 0 aliphatic carbocycles. The van der Waals surface area contributed by atoms with Crippen LogP contribution in [0.3, 0.4) is 0 Å². The van der Waals surface area contributed by atoms with Crippen molar-refractivity contribution in [1.29, 1.82) is 0 Å². The third-order valence-corrected chi connectivity index (χ3v) is 2.87. The van der Waals surface area contributed by atoms with Crippen molar-refractivity contribution in [1.82, 2.24) is 9.78 Å². The molecule has 1 atom stereocenters. The summed E-state index contributed by atoms with van der Waals surface area (Å²) in [4.78, 5) is 22.9. The molecule has 0 spiro atoms. The summed E-state index contributed by atoms with van der Waals surface area (Å²) >= 11 is 5.94. The standard InChI is InChI=1S/C11H16ClN3O3/c1-4-7(2)14-8-5-13-15(6-9(16)18-3)11(17)10(8)12/h5,7,14H,4,6H2,1-3H3. The average Bonchev–Trinajstić information content (AvgIpc) is 2.37. The first-order valence-corrected chi connectivity index (χ1v) is 5.96. The lowest BCUT2D eigenvalue weighted by atomic mass is 10.2. The van der Waals surface area contributed by atoms with Crippen LogP contribution in [-0.2, 0) is 16.1 Å². The Labute approximate surface area is 110 Å². The van der Waals surface area contributed by atoms with Gasteiger partial charge in [0.05, 0.1) is 19.0 Å². The molecule has 1 unspecified atom stereocenters. The number of nitrogens with zero attached hydrogens (tertiary/aromatic N) is 2. The Balaban J connectivity index is 2.98. The van der Waals surface area contributed by atoms with Gasteiger partial charge in [0.15, 0.2) is 0 Å². The molecule has 1 N–H and O–H groups in total. The minimum absolute atomic E-state index is 0.0224. The number of ether oxygens (including phenoxy) is 1. The van der Waals surface area contributed by atoms with E-state index in [0.717, 1.165) is 11.1 Å². The molecule has 6 nitrogen and oxygen atoms in total. The van der Waals surface area contributed by atoms with Crippen LogP contribution in [-0.4, -0.2) is 28.9 Å². The van der Waals surface area contributed by atoms with Gasteiger partial charge in [0.2, 0.25) is 0 Å². The van der Waals surface area contributed by atoms with Crippen LogP contribution in [0, 0.1) is 0 Å². The van der Waals surface area contributed by atoms with Gasteiger partial charge in [-0.2, -0.15) is 5.10 Å². The molecule has 0 fully saturated rings. The number of esters is 1. The van der Waals surface area contributed by atoms with E-state index < -0.39 is 11.5 Å². The highest BCUT2D eigenvalue weighted by atomic mass is 35.5. The summed E-state index contributed by atoms with van der Waals surface area (Å²) in [6.07, 6.45) is 2.32. The molecule has 18 heavy (non-hydrogen) atoms. The van der Waals surface area contributed by atoms with Crippen LogP contribution in [0.25, 0.3) is 0 Å². The van der Waals surface area contributed by atoms with Crippen molar-refractivity contribution in [3.63, 3.8) is 0 Å². The number of anilines is 1. The van der Waals surface area contributed by atoms with Crippen LogP contribution in [0.5, 0.6) is 0 Å². The predicted octanol–water partition coefficient (Wildman–Crippen LogP) is 1.28. The number of nitrogens with one attached hydrogen (secondary N) is 1.